The fourth-order valence-electron chi connectivity index (χ4n) is 4.34. The van der Waals surface area contributed by atoms with Crippen LogP contribution in [0.3, 0.4) is 0 Å². The predicted octanol–water partition coefficient (Wildman–Crippen LogP) is 1.28. The second-order valence-corrected chi connectivity index (χ2v) is 7.63. The maximum absolute atomic E-state index is 12.5. The van der Waals surface area contributed by atoms with Crippen molar-refractivity contribution in [2.24, 2.45) is 0 Å². The van der Waals surface area contributed by atoms with Gasteiger partial charge in [-0.3, -0.25) is 9.69 Å². The van der Waals surface area contributed by atoms with Gasteiger partial charge in [-0.15, -0.1) is 0 Å². The summed E-state index contributed by atoms with van der Waals surface area (Å²) >= 11 is 0. The highest BCUT2D eigenvalue weighted by molar-refractivity contribution is 5.78. The number of nitrogens with zero attached hydrogens (tertiary/aromatic N) is 3. The minimum atomic E-state index is -0.0306. The molecule has 3 aliphatic heterocycles. The van der Waals surface area contributed by atoms with Crippen molar-refractivity contribution < 1.29 is 9.59 Å². The first-order valence-electron chi connectivity index (χ1n) is 9.15. The number of hydrogen-bond donors (Lipinski definition) is 1. The molecule has 0 saturated carbocycles. The molecule has 1 spiro atoms. The highest BCUT2D eigenvalue weighted by Crippen LogP contribution is 2.34. The predicted molar refractivity (Wildman–Crippen MR) is 95.0 cm³/mol. The molecule has 4 rings (SSSR count). The third kappa shape index (κ3) is 2.99. The Hall–Kier alpha value is -2.08. The summed E-state index contributed by atoms with van der Waals surface area (Å²) in [5.41, 5.74) is 1.16. The van der Waals surface area contributed by atoms with E-state index in [1.165, 1.54) is 5.56 Å². The summed E-state index contributed by atoms with van der Waals surface area (Å²) in [7, 11) is 1.89. The van der Waals surface area contributed by atoms with Crippen LogP contribution in [-0.2, 0) is 11.3 Å². The summed E-state index contributed by atoms with van der Waals surface area (Å²) in [6.45, 7) is 4.09. The van der Waals surface area contributed by atoms with Gasteiger partial charge in [0.2, 0.25) is 5.91 Å². The van der Waals surface area contributed by atoms with E-state index >= 15 is 0 Å². The third-order valence-electron chi connectivity index (χ3n) is 6.09. The molecule has 3 amide bonds. The number of benzene rings is 1. The van der Waals surface area contributed by atoms with Gasteiger partial charge >= 0.3 is 6.03 Å². The molecule has 25 heavy (non-hydrogen) atoms. The fourth-order valence-corrected chi connectivity index (χ4v) is 4.34. The molecule has 0 radical (unpaired) electrons. The van der Waals surface area contributed by atoms with Gasteiger partial charge < -0.3 is 15.1 Å². The summed E-state index contributed by atoms with van der Waals surface area (Å²) in [6, 6.07) is 10.7. The highest BCUT2D eigenvalue weighted by Gasteiger charge is 2.53. The van der Waals surface area contributed by atoms with E-state index in [1.807, 2.05) is 35.0 Å². The maximum atomic E-state index is 12.5. The van der Waals surface area contributed by atoms with Crippen molar-refractivity contribution in [3.05, 3.63) is 35.9 Å². The van der Waals surface area contributed by atoms with Crippen molar-refractivity contribution in [3.63, 3.8) is 0 Å². The second-order valence-electron chi connectivity index (χ2n) is 7.63. The van der Waals surface area contributed by atoms with Crippen molar-refractivity contribution in [1.82, 2.24) is 20.0 Å². The molecule has 134 valence electrons. The molecule has 1 atom stereocenters. The molecular weight excluding hydrogens is 316 g/mol. The number of carbonyl (C=O) groups is 2. The third-order valence-corrected chi connectivity index (χ3v) is 6.09. The first-order valence-corrected chi connectivity index (χ1v) is 9.15. The van der Waals surface area contributed by atoms with Crippen molar-refractivity contribution in [2.75, 3.05) is 33.2 Å². The second kappa shape index (κ2) is 6.33. The van der Waals surface area contributed by atoms with Crippen LogP contribution in [0.1, 0.15) is 24.8 Å². The van der Waals surface area contributed by atoms with Crippen LogP contribution in [0.25, 0.3) is 0 Å². The van der Waals surface area contributed by atoms with Gasteiger partial charge in [-0.2, -0.15) is 0 Å². The Morgan fingerprint density at radius 1 is 1.16 bits per heavy atom. The lowest BCUT2D eigenvalue weighted by Gasteiger charge is -2.53. The van der Waals surface area contributed by atoms with Gasteiger partial charge in [0.05, 0.1) is 5.54 Å². The fraction of sp³-hybridized carbons (Fsp3) is 0.579. The molecule has 6 nitrogen and oxygen atoms in total. The van der Waals surface area contributed by atoms with Gasteiger partial charge in [0.25, 0.3) is 0 Å². The van der Waals surface area contributed by atoms with E-state index in [4.69, 9.17) is 0 Å². The molecule has 0 bridgehead atoms. The monoisotopic (exact) mass is 342 g/mol. The van der Waals surface area contributed by atoms with E-state index in [9.17, 15) is 9.59 Å². The van der Waals surface area contributed by atoms with Gasteiger partial charge in [-0.25, -0.2) is 4.79 Å². The summed E-state index contributed by atoms with van der Waals surface area (Å²) in [5.74, 6) is 0.261. The highest BCUT2D eigenvalue weighted by atomic mass is 16.2. The Morgan fingerprint density at radius 3 is 2.60 bits per heavy atom. The molecule has 3 saturated heterocycles. The number of rotatable bonds is 3. The van der Waals surface area contributed by atoms with Crippen molar-refractivity contribution >= 4 is 11.9 Å². The average Bonchev–Trinajstić information content (AvgIpc) is 2.77. The average molecular weight is 342 g/mol. The smallest absolute Gasteiger partial charge is 0.317 e. The first kappa shape index (κ1) is 16.4. The van der Waals surface area contributed by atoms with Crippen LogP contribution >= 0.6 is 0 Å². The minimum Gasteiger partial charge on any atom is -0.338 e. The van der Waals surface area contributed by atoms with E-state index in [2.05, 4.69) is 22.3 Å². The molecule has 1 unspecified atom stereocenters. The van der Waals surface area contributed by atoms with Gasteiger partial charge in [0.1, 0.15) is 0 Å². The SMILES string of the molecule is CN1C(=O)NCC12CN(C1CCC(=O)N(Cc3ccccc3)CC1)C2. The zero-order chi connectivity index (χ0) is 17.4. The Labute approximate surface area is 148 Å². The largest absolute Gasteiger partial charge is 0.338 e. The molecule has 6 heteroatoms. The van der Waals surface area contributed by atoms with E-state index in [0.717, 1.165) is 39.0 Å². The van der Waals surface area contributed by atoms with Crippen LogP contribution in [0.15, 0.2) is 30.3 Å². The Bertz CT molecular complexity index is 657. The van der Waals surface area contributed by atoms with Gasteiger partial charge in [0, 0.05) is 52.2 Å². The van der Waals surface area contributed by atoms with Crippen LogP contribution in [0, 0.1) is 0 Å². The van der Waals surface area contributed by atoms with Gasteiger partial charge in [-0.05, 0) is 18.4 Å². The molecule has 3 heterocycles. The molecule has 0 aromatic heterocycles. The summed E-state index contributed by atoms with van der Waals surface area (Å²) in [5, 5.41) is 2.94. The molecular formula is C19H26N4O2. The lowest BCUT2D eigenvalue weighted by atomic mass is 9.86. The number of nitrogens with one attached hydrogen (secondary N) is 1. The summed E-state index contributed by atoms with van der Waals surface area (Å²) in [4.78, 5) is 30.5. The molecule has 3 fully saturated rings. The van der Waals surface area contributed by atoms with Crippen LogP contribution < -0.4 is 5.32 Å². The lowest BCUT2D eigenvalue weighted by molar-refractivity contribution is -0.131. The number of amides is 3. The van der Waals surface area contributed by atoms with Crippen LogP contribution in [0.4, 0.5) is 4.79 Å². The number of hydrogen-bond acceptors (Lipinski definition) is 3. The number of likely N-dealkylation sites (tertiary alicyclic amines) is 2. The molecule has 0 aliphatic carbocycles. The van der Waals surface area contributed by atoms with E-state index in [1.54, 1.807) is 0 Å². The normalized spacial score (nSPS) is 26.5. The summed E-state index contributed by atoms with van der Waals surface area (Å²) in [6.07, 6.45) is 2.55. The Balaban J connectivity index is 1.34. The standard InChI is InChI=1S/C19H26N4O2/c1-21-18(25)20-12-19(21)13-23(14-19)16-7-8-17(24)22(10-9-16)11-15-5-3-2-4-6-15/h2-6,16H,7-14H2,1H3,(H,20,25). The van der Waals surface area contributed by atoms with Crippen LogP contribution in [-0.4, -0.2) is 71.4 Å². The number of likely N-dealkylation sites (N-methyl/N-ethyl adjacent to an activating group) is 1. The quantitative estimate of drug-likeness (QED) is 0.900. The molecule has 3 aliphatic rings. The Morgan fingerprint density at radius 2 is 1.92 bits per heavy atom. The number of carbonyl (C=O) groups excluding carboxylic acids is 2. The lowest BCUT2D eigenvalue weighted by Crippen LogP contribution is -2.70. The summed E-state index contributed by atoms with van der Waals surface area (Å²) < 4.78 is 0. The topological polar surface area (TPSA) is 55.9 Å². The molecule has 1 N–H and O–H groups in total. The number of urea groups is 1. The van der Waals surface area contributed by atoms with E-state index in [0.29, 0.717) is 19.0 Å². The van der Waals surface area contributed by atoms with Crippen molar-refractivity contribution in [1.29, 1.82) is 0 Å². The van der Waals surface area contributed by atoms with Gasteiger partial charge in [-0.1, -0.05) is 30.3 Å². The first-order chi connectivity index (χ1) is 12.1. The molecule has 1 aromatic rings. The van der Waals surface area contributed by atoms with E-state index < -0.39 is 0 Å². The van der Waals surface area contributed by atoms with Crippen molar-refractivity contribution in [2.45, 2.75) is 37.4 Å². The van der Waals surface area contributed by atoms with Gasteiger partial charge in [0.15, 0.2) is 0 Å². The van der Waals surface area contributed by atoms with Crippen LogP contribution in [0.5, 0.6) is 0 Å². The Kier molecular flexibility index (Phi) is 4.15. The minimum absolute atomic E-state index is 0.0306. The van der Waals surface area contributed by atoms with Crippen molar-refractivity contribution in [3.8, 4) is 0 Å². The zero-order valence-electron chi connectivity index (χ0n) is 14.8. The zero-order valence-corrected chi connectivity index (χ0v) is 14.8. The van der Waals surface area contributed by atoms with Crippen LogP contribution in [0.2, 0.25) is 0 Å². The maximum Gasteiger partial charge on any atom is 0.317 e. The molecule has 1 aromatic carbocycles. The van der Waals surface area contributed by atoms with E-state index in [-0.39, 0.29) is 17.5 Å².